The lowest BCUT2D eigenvalue weighted by molar-refractivity contribution is -0.136. The molecule has 0 radical (unpaired) electrons. The number of carboxylic acid groups (broad SMARTS) is 1. The van der Waals surface area contributed by atoms with Gasteiger partial charge in [0.2, 0.25) is 0 Å². The average Bonchev–Trinajstić information content (AvgIpc) is 2.96. The van der Waals surface area contributed by atoms with Gasteiger partial charge in [-0.2, -0.15) is 0 Å². The number of nitrogens with zero attached hydrogens (tertiary/aromatic N) is 2. The maximum absolute atomic E-state index is 10.6. The highest BCUT2D eigenvalue weighted by molar-refractivity contribution is 7.11. The van der Waals surface area contributed by atoms with Crippen molar-refractivity contribution in [1.82, 2.24) is 9.88 Å². The van der Waals surface area contributed by atoms with Crippen LogP contribution in [0.5, 0.6) is 0 Å². The smallest absolute Gasteiger partial charge is 0.303 e. The van der Waals surface area contributed by atoms with E-state index in [0.717, 1.165) is 16.3 Å². The Bertz CT molecular complexity index is 431. The van der Waals surface area contributed by atoms with Crippen molar-refractivity contribution < 1.29 is 9.90 Å². The highest BCUT2D eigenvalue weighted by Gasteiger charge is 2.27. The van der Waals surface area contributed by atoms with Crippen molar-refractivity contribution in [2.45, 2.75) is 58.0 Å². The number of hydrogen-bond acceptors (Lipinski definition) is 4. The van der Waals surface area contributed by atoms with Gasteiger partial charge in [0, 0.05) is 29.6 Å². The summed E-state index contributed by atoms with van der Waals surface area (Å²) in [5, 5.41) is 9.84. The predicted octanol–water partition coefficient (Wildman–Crippen LogP) is 2.58. The normalized spacial score (nSPS) is 20.3. The summed E-state index contributed by atoms with van der Waals surface area (Å²) in [6, 6.07) is 1.21. The van der Waals surface area contributed by atoms with E-state index in [-0.39, 0.29) is 6.42 Å². The molecule has 1 atom stereocenters. The van der Waals surface area contributed by atoms with Gasteiger partial charge in [-0.25, -0.2) is 4.98 Å². The minimum Gasteiger partial charge on any atom is -0.481 e. The Morgan fingerprint density at radius 3 is 3.11 bits per heavy atom. The average molecular weight is 282 g/mol. The second kappa shape index (κ2) is 6.48. The Morgan fingerprint density at radius 1 is 1.63 bits per heavy atom. The highest BCUT2D eigenvalue weighted by Crippen LogP contribution is 2.25. The third-order valence-corrected chi connectivity index (χ3v) is 4.76. The lowest BCUT2D eigenvalue weighted by atomic mass is 10.1. The quantitative estimate of drug-likeness (QED) is 0.871. The van der Waals surface area contributed by atoms with Crippen molar-refractivity contribution in [3.8, 4) is 0 Å². The van der Waals surface area contributed by atoms with E-state index in [2.05, 4.69) is 23.7 Å². The third-order valence-electron chi connectivity index (χ3n) is 3.68. The molecule has 0 spiro atoms. The Hall–Kier alpha value is -0.940. The minimum absolute atomic E-state index is 0.198. The number of aliphatic carboxylic acids is 1. The van der Waals surface area contributed by atoms with Crippen molar-refractivity contribution in [2.24, 2.45) is 0 Å². The van der Waals surface area contributed by atoms with Crippen molar-refractivity contribution in [3.05, 3.63) is 16.1 Å². The molecule has 0 aromatic carbocycles. The van der Waals surface area contributed by atoms with Gasteiger partial charge in [-0.05, 0) is 39.7 Å². The lowest BCUT2D eigenvalue weighted by Gasteiger charge is -2.27. The molecule has 1 N–H and O–H groups in total. The molecule has 1 aromatic heterocycles. The van der Waals surface area contributed by atoms with Crippen molar-refractivity contribution >= 4 is 17.3 Å². The van der Waals surface area contributed by atoms with Crippen LogP contribution >= 0.6 is 11.3 Å². The molecule has 1 unspecified atom stereocenters. The summed E-state index contributed by atoms with van der Waals surface area (Å²) < 4.78 is 0. The number of rotatable bonds is 6. The van der Waals surface area contributed by atoms with Crippen molar-refractivity contribution in [3.63, 3.8) is 0 Å². The van der Waals surface area contributed by atoms with Crippen LogP contribution in [-0.4, -0.2) is 39.6 Å². The van der Waals surface area contributed by atoms with Crippen LogP contribution in [0.2, 0.25) is 0 Å². The van der Waals surface area contributed by atoms with Crippen LogP contribution in [0, 0.1) is 0 Å². The van der Waals surface area contributed by atoms with Crippen LogP contribution in [0.15, 0.2) is 6.20 Å². The molecular weight excluding hydrogens is 260 g/mol. The first-order chi connectivity index (χ1) is 9.06. The van der Waals surface area contributed by atoms with Gasteiger partial charge in [-0.3, -0.25) is 9.69 Å². The number of aryl methyl sites for hydroxylation is 1. The van der Waals surface area contributed by atoms with E-state index in [4.69, 9.17) is 5.11 Å². The summed E-state index contributed by atoms with van der Waals surface area (Å²) in [6.45, 7) is 5.69. The van der Waals surface area contributed by atoms with Crippen LogP contribution in [0.4, 0.5) is 0 Å². The molecule has 4 nitrogen and oxygen atoms in total. The summed E-state index contributed by atoms with van der Waals surface area (Å²) in [4.78, 5) is 18.6. The highest BCUT2D eigenvalue weighted by atomic mass is 32.1. The molecule has 1 aliphatic rings. The number of aromatic nitrogens is 1. The Morgan fingerprint density at radius 2 is 2.42 bits per heavy atom. The Balaban J connectivity index is 1.90. The largest absolute Gasteiger partial charge is 0.481 e. The SMILES string of the molecule is CC(C)N1CCCC1Cc1ncc(CCC(=O)O)s1. The molecule has 2 rings (SSSR count). The van der Waals surface area contributed by atoms with Gasteiger partial charge in [0.1, 0.15) is 0 Å². The predicted molar refractivity (Wildman–Crippen MR) is 76.6 cm³/mol. The molecule has 0 aliphatic carbocycles. The van der Waals surface area contributed by atoms with E-state index < -0.39 is 5.97 Å². The van der Waals surface area contributed by atoms with Crippen LogP contribution in [0.1, 0.15) is 43.0 Å². The van der Waals surface area contributed by atoms with Gasteiger partial charge in [-0.15, -0.1) is 11.3 Å². The van der Waals surface area contributed by atoms with E-state index >= 15 is 0 Å². The third kappa shape index (κ3) is 4.01. The van der Waals surface area contributed by atoms with E-state index in [1.807, 2.05) is 6.20 Å². The maximum atomic E-state index is 10.6. The minimum atomic E-state index is -0.739. The van der Waals surface area contributed by atoms with E-state index in [1.165, 1.54) is 19.4 Å². The van der Waals surface area contributed by atoms with Crippen LogP contribution in [-0.2, 0) is 17.6 Å². The second-order valence-corrected chi connectivity index (χ2v) is 6.65. The molecular formula is C14H22N2O2S. The first kappa shape index (κ1) is 14.5. The Labute approximate surface area is 118 Å². The molecule has 0 saturated carbocycles. The fourth-order valence-electron chi connectivity index (χ4n) is 2.75. The first-order valence-electron chi connectivity index (χ1n) is 6.97. The fraction of sp³-hybridized carbons (Fsp3) is 0.714. The van der Waals surface area contributed by atoms with Crippen LogP contribution in [0.25, 0.3) is 0 Å². The number of thiazole rings is 1. The monoisotopic (exact) mass is 282 g/mol. The van der Waals surface area contributed by atoms with Gasteiger partial charge < -0.3 is 5.11 Å². The standard InChI is InChI=1S/C14H22N2O2S/c1-10(2)16-7-3-4-11(16)8-13-15-9-12(19-13)5-6-14(17)18/h9-11H,3-8H2,1-2H3,(H,17,18). The summed E-state index contributed by atoms with van der Waals surface area (Å²) in [5.41, 5.74) is 0. The van der Waals surface area contributed by atoms with E-state index in [9.17, 15) is 4.79 Å². The molecule has 1 aliphatic heterocycles. The maximum Gasteiger partial charge on any atom is 0.303 e. The molecule has 0 bridgehead atoms. The van der Waals surface area contributed by atoms with Crippen LogP contribution in [0.3, 0.4) is 0 Å². The van der Waals surface area contributed by atoms with E-state index in [0.29, 0.717) is 18.5 Å². The van der Waals surface area contributed by atoms with E-state index in [1.54, 1.807) is 11.3 Å². The first-order valence-corrected chi connectivity index (χ1v) is 7.79. The molecule has 5 heteroatoms. The van der Waals surface area contributed by atoms with Gasteiger partial charge in [0.25, 0.3) is 0 Å². The van der Waals surface area contributed by atoms with Gasteiger partial charge in [0.05, 0.1) is 11.4 Å². The topological polar surface area (TPSA) is 53.4 Å². The zero-order chi connectivity index (χ0) is 13.8. The van der Waals surface area contributed by atoms with Crippen LogP contribution < -0.4 is 0 Å². The summed E-state index contributed by atoms with van der Waals surface area (Å²) in [5.74, 6) is -0.739. The summed E-state index contributed by atoms with van der Waals surface area (Å²) in [7, 11) is 0. The molecule has 0 amide bonds. The second-order valence-electron chi connectivity index (χ2n) is 5.45. The molecule has 1 fully saturated rings. The molecule has 1 saturated heterocycles. The van der Waals surface area contributed by atoms with Crippen molar-refractivity contribution in [2.75, 3.05) is 6.54 Å². The summed E-state index contributed by atoms with van der Waals surface area (Å²) in [6.07, 6.45) is 6.19. The van der Waals surface area contributed by atoms with Gasteiger partial charge >= 0.3 is 5.97 Å². The number of hydrogen-bond donors (Lipinski definition) is 1. The summed E-state index contributed by atoms with van der Waals surface area (Å²) >= 11 is 1.67. The Kier molecular flexibility index (Phi) is 4.93. The van der Waals surface area contributed by atoms with Gasteiger partial charge in [-0.1, -0.05) is 0 Å². The number of likely N-dealkylation sites (tertiary alicyclic amines) is 1. The number of carbonyl (C=O) groups is 1. The van der Waals surface area contributed by atoms with Gasteiger partial charge in [0.15, 0.2) is 0 Å². The molecule has 2 heterocycles. The fourth-order valence-corrected chi connectivity index (χ4v) is 3.74. The molecule has 1 aromatic rings. The number of carboxylic acids is 1. The molecule has 19 heavy (non-hydrogen) atoms. The zero-order valence-electron chi connectivity index (χ0n) is 11.6. The molecule has 106 valence electrons. The van der Waals surface area contributed by atoms with Crippen molar-refractivity contribution in [1.29, 1.82) is 0 Å². The zero-order valence-corrected chi connectivity index (χ0v) is 12.4. The lowest BCUT2D eigenvalue weighted by Crippen LogP contribution is -2.36.